The molecule has 0 bridgehead atoms. The maximum atomic E-state index is 12.8. The van der Waals surface area contributed by atoms with E-state index in [4.69, 9.17) is 5.11 Å². The molecule has 2 amide bonds. The minimum absolute atomic E-state index is 0.0127. The average Bonchev–Trinajstić information content (AvgIpc) is 2.53. The molecule has 2 heterocycles. The lowest BCUT2D eigenvalue weighted by Crippen LogP contribution is -2.51. The van der Waals surface area contributed by atoms with Crippen LogP contribution in [0.5, 0.6) is 0 Å². The third-order valence-electron chi connectivity index (χ3n) is 4.57. The number of carboxylic acid groups (broad SMARTS) is 1. The third kappa shape index (κ3) is 4.62. The van der Waals surface area contributed by atoms with Gasteiger partial charge in [0.05, 0.1) is 12.5 Å². The van der Waals surface area contributed by atoms with Crippen molar-refractivity contribution in [1.82, 2.24) is 9.80 Å². The number of carbonyl (C=O) groups excluding carboxylic acids is 2. The smallest absolute Gasteiger partial charge is 0.305 e. The number of thioether (sulfide) groups is 1. The molecule has 7 heteroatoms. The molecule has 2 saturated heterocycles. The predicted molar refractivity (Wildman–Crippen MR) is 89.2 cm³/mol. The van der Waals surface area contributed by atoms with Crippen LogP contribution in [0.1, 0.15) is 33.1 Å². The van der Waals surface area contributed by atoms with E-state index in [2.05, 4.69) is 0 Å². The molecule has 0 aliphatic carbocycles. The van der Waals surface area contributed by atoms with Gasteiger partial charge in [-0.1, -0.05) is 13.8 Å². The Morgan fingerprint density at radius 3 is 2.39 bits per heavy atom. The van der Waals surface area contributed by atoms with Crippen LogP contribution in [0.2, 0.25) is 0 Å². The molecule has 0 radical (unpaired) electrons. The Kier molecular flexibility index (Phi) is 6.33. The van der Waals surface area contributed by atoms with Crippen LogP contribution >= 0.6 is 11.8 Å². The Bertz CT molecular complexity index is 461. The van der Waals surface area contributed by atoms with Crippen molar-refractivity contribution in [3.05, 3.63) is 0 Å². The molecule has 6 nitrogen and oxygen atoms in total. The summed E-state index contributed by atoms with van der Waals surface area (Å²) in [6.07, 6.45) is 1.38. The van der Waals surface area contributed by atoms with E-state index in [1.165, 1.54) is 0 Å². The number of nitrogens with zero attached hydrogens (tertiary/aromatic N) is 2. The van der Waals surface area contributed by atoms with Crippen LogP contribution in [0.25, 0.3) is 0 Å². The van der Waals surface area contributed by atoms with Crippen LogP contribution in [0.3, 0.4) is 0 Å². The van der Waals surface area contributed by atoms with Gasteiger partial charge in [0.2, 0.25) is 11.8 Å². The molecule has 2 rings (SSSR count). The summed E-state index contributed by atoms with van der Waals surface area (Å²) >= 11 is 1.71. The van der Waals surface area contributed by atoms with Crippen LogP contribution < -0.4 is 0 Å². The second-order valence-electron chi connectivity index (χ2n) is 6.61. The zero-order valence-corrected chi connectivity index (χ0v) is 14.7. The fourth-order valence-electron chi connectivity index (χ4n) is 3.26. The first-order valence-electron chi connectivity index (χ1n) is 8.29. The Labute approximate surface area is 141 Å². The summed E-state index contributed by atoms with van der Waals surface area (Å²) in [7, 11) is 0. The number of hydrogen-bond donors (Lipinski definition) is 1. The summed E-state index contributed by atoms with van der Waals surface area (Å²) in [5, 5.41) is 9.03. The van der Waals surface area contributed by atoms with E-state index in [0.717, 1.165) is 5.75 Å². The first-order chi connectivity index (χ1) is 10.9. The van der Waals surface area contributed by atoms with Crippen molar-refractivity contribution in [2.45, 2.75) is 39.2 Å². The first-order valence-corrected chi connectivity index (χ1v) is 9.44. The monoisotopic (exact) mass is 342 g/mol. The Hall–Kier alpha value is -1.24. The normalized spacial score (nSPS) is 23.2. The number of carboxylic acids is 1. The molecule has 2 aliphatic rings. The first kappa shape index (κ1) is 18.1. The van der Waals surface area contributed by atoms with Gasteiger partial charge in [-0.25, -0.2) is 0 Å². The Morgan fingerprint density at radius 1 is 1.17 bits per heavy atom. The van der Waals surface area contributed by atoms with E-state index < -0.39 is 5.97 Å². The maximum absolute atomic E-state index is 12.8. The zero-order chi connectivity index (χ0) is 17.0. The topological polar surface area (TPSA) is 77.9 Å². The van der Waals surface area contributed by atoms with Gasteiger partial charge in [0.25, 0.3) is 0 Å². The van der Waals surface area contributed by atoms with Crippen LogP contribution in [-0.2, 0) is 14.4 Å². The molecular formula is C16H26N2O4S. The van der Waals surface area contributed by atoms with E-state index in [1.54, 1.807) is 16.7 Å². The molecule has 0 aromatic carbocycles. The van der Waals surface area contributed by atoms with Gasteiger partial charge in [-0.05, 0) is 12.8 Å². The van der Waals surface area contributed by atoms with Crippen LogP contribution in [0, 0.1) is 11.8 Å². The highest BCUT2D eigenvalue weighted by Crippen LogP contribution is 2.26. The van der Waals surface area contributed by atoms with Crippen LogP contribution in [0.4, 0.5) is 0 Å². The summed E-state index contributed by atoms with van der Waals surface area (Å²) in [5.74, 6) is 0.844. The highest BCUT2D eigenvalue weighted by atomic mass is 32.2. The van der Waals surface area contributed by atoms with E-state index in [9.17, 15) is 14.4 Å². The average molecular weight is 342 g/mol. The number of hydrogen-bond acceptors (Lipinski definition) is 4. The second-order valence-corrected chi connectivity index (χ2v) is 7.76. The molecule has 0 aromatic heterocycles. The molecule has 0 saturated carbocycles. The van der Waals surface area contributed by atoms with Gasteiger partial charge in [0, 0.05) is 43.0 Å². The minimum Gasteiger partial charge on any atom is -0.481 e. The number of amides is 2. The molecule has 0 spiro atoms. The number of carbonyl (C=O) groups is 3. The van der Waals surface area contributed by atoms with Crippen molar-refractivity contribution in [2.24, 2.45) is 11.8 Å². The summed E-state index contributed by atoms with van der Waals surface area (Å²) in [5.41, 5.74) is 0. The molecule has 2 aliphatic heterocycles. The SMILES string of the molecule is CC(C)C(=O)N1CCC(C(=O)N2CCSCC2CC(=O)O)CC1. The van der Waals surface area contributed by atoms with Gasteiger partial charge >= 0.3 is 5.97 Å². The number of piperidine rings is 1. The molecule has 1 atom stereocenters. The van der Waals surface area contributed by atoms with Gasteiger partial charge in [0.1, 0.15) is 0 Å². The zero-order valence-electron chi connectivity index (χ0n) is 13.9. The minimum atomic E-state index is -0.854. The Balaban J connectivity index is 1.92. The van der Waals surface area contributed by atoms with Gasteiger partial charge in [0.15, 0.2) is 0 Å². The third-order valence-corrected chi connectivity index (χ3v) is 5.66. The highest BCUT2D eigenvalue weighted by Gasteiger charge is 2.35. The summed E-state index contributed by atoms with van der Waals surface area (Å²) in [4.78, 5) is 39.4. The Morgan fingerprint density at radius 2 is 1.83 bits per heavy atom. The number of aliphatic carboxylic acids is 1. The van der Waals surface area contributed by atoms with Crippen molar-refractivity contribution in [3.8, 4) is 0 Å². The van der Waals surface area contributed by atoms with Crippen molar-refractivity contribution >= 4 is 29.5 Å². The summed E-state index contributed by atoms with van der Waals surface area (Å²) in [6.45, 7) is 5.66. The molecule has 1 N–H and O–H groups in total. The van der Waals surface area contributed by atoms with Crippen molar-refractivity contribution < 1.29 is 19.5 Å². The number of likely N-dealkylation sites (tertiary alicyclic amines) is 1. The van der Waals surface area contributed by atoms with Gasteiger partial charge < -0.3 is 14.9 Å². The number of rotatable bonds is 4. The highest BCUT2D eigenvalue weighted by molar-refractivity contribution is 7.99. The van der Waals surface area contributed by atoms with Crippen molar-refractivity contribution in [2.75, 3.05) is 31.1 Å². The van der Waals surface area contributed by atoms with Crippen molar-refractivity contribution in [1.29, 1.82) is 0 Å². The van der Waals surface area contributed by atoms with E-state index in [-0.39, 0.29) is 36.1 Å². The van der Waals surface area contributed by atoms with E-state index in [0.29, 0.717) is 38.2 Å². The lowest BCUT2D eigenvalue weighted by molar-refractivity contribution is -0.145. The summed E-state index contributed by atoms with van der Waals surface area (Å²) in [6, 6.07) is -0.200. The maximum Gasteiger partial charge on any atom is 0.305 e. The lowest BCUT2D eigenvalue weighted by atomic mass is 9.93. The quantitative estimate of drug-likeness (QED) is 0.833. The molecule has 1 unspecified atom stereocenters. The second kappa shape index (κ2) is 8.04. The van der Waals surface area contributed by atoms with Gasteiger partial charge in [-0.2, -0.15) is 11.8 Å². The van der Waals surface area contributed by atoms with Crippen molar-refractivity contribution in [3.63, 3.8) is 0 Å². The molecule has 0 aromatic rings. The molecular weight excluding hydrogens is 316 g/mol. The molecule has 2 fully saturated rings. The fourth-order valence-corrected chi connectivity index (χ4v) is 4.32. The molecule has 23 heavy (non-hydrogen) atoms. The fraction of sp³-hybridized carbons (Fsp3) is 0.812. The van der Waals surface area contributed by atoms with Crippen LogP contribution in [-0.4, -0.2) is 69.9 Å². The largest absolute Gasteiger partial charge is 0.481 e. The van der Waals surface area contributed by atoms with E-state index >= 15 is 0 Å². The summed E-state index contributed by atoms with van der Waals surface area (Å²) < 4.78 is 0. The standard InChI is InChI=1S/C16H26N2O4S/c1-11(2)15(21)17-5-3-12(4-6-17)16(22)18-7-8-23-10-13(18)9-14(19)20/h11-13H,3-10H2,1-2H3,(H,19,20). The van der Waals surface area contributed by atoms with Gasteiger partial charge in [-0.15, -0.1) is 0 Å². The lowest BCUT2D eigenvalue weighted by Gasteiger charge is -2.39. The predicted octanol–water partition coefficient (Wildman–Crippen LogP) is 1.30. The van der Waals surface area contributed by atoms with Crippen LogP contribution in [0.15, 0.2) is 0 Å². The van der Waals surface area contributed by atoms with Gasteiger partial charge in [-0.3, -0.25) is 14.4 Å². The molecule has 130 valence electrons. The van der Waals surface area contributed by atoms with E-state index in [1.807, 2.05) is 18.7 Å².